The van der Waals surface area contributed by atoms with Crippen molar-refractivity contribution in [1.29, 1.82) is 0 Å². The minimum absolute atomic E-state index is 0.0522. The predicted molar refractivity (Wildman–Crippen MR) is 61.3 cm³/mol. The number of rotatable bonds is 4. The number of benzene rings is 1. The van der Waals surface area contributed by atoms with Crippen LogP contribution < -0.4 is 5.32 Å². The van der Waals surface area contributed by atoms with Crippen molar-refractivity contribution in [2.24, 2.45) is 0 Å². The molecule has 1 rings (SSSR count). The van der Waals surface area contributed by atoms with Crippen LogP contribution in [0.1, 0.15) is 18.9 Å². The van der Waals surface area contributed by atoms with Gasteiger partial charge in [-0.05, 0) is 12.0 Å². The fourth-order valence-electron chi connectivity index (χ4n) is 1.08. The molecule has 0 aliphatic rings. The van der Waals surface area contributed by atoms with Gasteiger partial charge in [0.25, 0.3) is 0 Å². The van der Waals surface area contributed by atoms with Crippen LogP contribution in [0.5, 0.6) is 0 Å². The number of alkyl halides is 1. The normalized spacial score (nSPS) is 12.1. The summed E-state index contributed by atoms with van der Waals surface area (Å²) < 4.78 is 0. The van der Waals surface area contributed by atoms with Crippen LogP contribution in [-0.4, -0.2) is 10.7 Å². The smallest absolute Gasteiger partial charge is 0.234 e. The number of carbonyl (C=O) groups excluding carboxylic acids is 1. The molecule has 2 nitrogen and oxygen atoms in total. The molecule has 3 heteroatoms. The first kappa shape index (κ1) is 11.2. The molecule has 1 amide bonds. The summed E-state index contributed by atoms with van der Waals surface area (Å²) in [7, 11) is 0. The van der Waals surface area contributed by atoms with Crippen molar-refractivity contribution in [3.05, 3.63) is 35.9 Å². The lowest BCUT2D eigenvalue weighted by molar-refractivity contribution is -0.120. The second kappa shape index (κ2) is 5.81. The number of nitrogens with one attached hydrogen (secondary N) is 1. The van der Waals surface area contributed by atoms with Crippen LogP contribution in [0, 0.1) is 0 Å². The Labute approximate surface area is 92.8 Å². The first-order valence-corrected chi connectivity index (χ1v) is 5.61. The van der Waals surface area contributed by atoms with Gasteiger partial charge in [-0.2, -0.15) is 0 Å². The molecule has 0 saturated carbocycles. The largest absolute Gasteiger partial charge is 0.351 e. The highest BCUT2D eigenvalue weighted by Crippen LogP contribution is 2.04. The van der Waals surface area contributed by atoms with Gasteiger partial charge in [0, 0.05) is 6.54 Å². The highest BCUT2D eigenvalue weighted by molar-refractivity contribution is 9.10. The molecule has 0 bridgehead atoms. The molecule has 76 valence electrons. The van der Waals surface area contributed by atoms with Crippen LogP contribution in [0.4, 0.5) is 0 Å². The summed E-state index contributed by atoms with van der Waals surface area (Å²) >= 11 is 3.30. The quantitative estimate of drug-likeness (QED) is 0.824. The molecule has 0 aliphatic carbocycles. The number of hydrogen-bond donors (Lipinski definition) is 1. The lowest BCUT2D eigenvalue weighted by atomic mass is 10.2. The molecule has 0 fully saturated rings. The van der Waals surface area contributed by atoms with Crippen molar-refractivity contribution in [3.63, 3.8) is 0 Å². The lowest BCUT2D eigenvalue weighted by Gasteiger charge is -2.08. The van der Waals surface area contributed by atoms with Crippen LogP contribution in [-0.2, 0) is 11.3 Å². The number of amides is 1. The van der Waals surface area contributed by atoms with Gasteiger partial charge in [0.2, 0.25) is 5.91 Å². The minimum atomic E-state index is -0.0776. The third-order valence-electron chi connectivity index (χ3n) is 1.95. The van der Waals surface area contributed by atoms with E-state index in [4.69, 9.17) is 0 Å². The first-order chi connectivity index (χ1) is 6.74. The fourth-order valence-corrected chi connectivity index (χ4v) is 1.24. The Morgan fingerprint density at radius 2 is 2.07 bits per heavy atom. The predicted octanol–water partition coefficient (Wildman–Crippen LogP) is 2.48. The molecule has 0 spiro atoms. The molecule has 0 aliphatic heterocycles. The maximum atomic E-state index is 11.4. The van der Waals surface area contributed by atoms with Crippen molar-refractivity contribution >= 4 is 21.8 Å². The van der Waals surface area contributed by atoms with E-state index in [1.165, 1.54) is 0 Å². The van der Waals surface area contributed by atoms with Crippen molar-refractivity contribution in [2.75, 3.05) is 0 Å². The Balaban J connectivity index is 2.38. The Morgan fingerprint density at radius 1 is 1.43 bits per heavy atom. The third-order valence-corrected chi connectivity index (χ3v) is 3.02. The summed E-state index contributed by atoms with van der Waals surface area (Å²) in [5.41, 5.74) is 1.12. The summed E-state index contributed by atoms with van der Waals surface area (Å²) in [4.78, 5) is 11.3. The van der Waals surface area contributed by atoms with Gasteiger partial charge in [0.05, 0.1) is 4.83 Å². The molecule has 14 heavy (non-hydrogen) atoms. The number of halogens is 1. The second-order valence-corrected chi connectivity index (χ2v) is 4.18. The summed E-state index contributed by atoms with van der Waals surface area (Å²) in [5, 5.41) is 2.86. The van der Waals surface area contributed by atoms with Crippen LogP contribution in [0.3, 0.4) is 0 Å². The Morgan fingerprint density at radius 3 is 2.64 bits per heavy atom. The van der Waals surface area contributed by atoms with Crippen LogP contribution in [0.25, 0.3) is 0 Å². The average molecular weight is 256 g/mol. The van der Waals surface area contributed by atoms with Gasteiger partial charge in [0.15, 0.2) is 0 Å². The van der Waals surface area contributed by atoms with E-state index in [0.29, 0.717) is 6.54 Å². The van der Waals surface area contributed by atoms with Crippen LogP contribution in [0.15, 0.2) is 30.3 Å². The highest BCUT2D eigenvalue weighted by Gasteiger charge is 2.10. The average Bonchev–Trinajstić information content (AvgIpc) is 2.26. The van der Waals surface area contributed by atoms with E-state index in [2.05, 4.69) is 21.2 Å². The van der Waals surface area contributed by atoms with Crippen LogP contribution >= 0.6 is 15.9 Å². The summed E-state index contributed by atoms with van der Waals surface area (Å²) in [6, 6.07) is 9.88. The molecule has 0 unspecified atom stereocenters. The van der Waals surface area contributed by atoms with Gasteiger partial charge in [-0.3, -0.25) is 4.79 Å². The zero-order chi connectivity index (χ0) is 10.4. The third kappa shape index (κ3) is 3.50. The molecule has 0 aromatic heterocycles. The monoisotopic (exact) mass is 255 g/mol. The van der Waals surface area contributed by atoms with E-state index in [0.717, 1.165) is 12.0 Å². The first-order valence-electron chi connectivity index (χ1n) is 4.69. The molecular formula is C11H14BrNO. The standard InChI is InChI=1S/C11H14BrNO/c1-2-10(12)11(14)13-8-9-6-4-3-5-7-9/h3-7,10H,2,8H2,1H3,(H,13,14)/t10-/m1/s1. The fraction of sp³-hybridized carbons (Fsp3) is 0.364. The van der Waals surface area contributed by atoms with Gasteiger partial charge in [-0.15, -0.1) is 0 Å². The van der Waals surface area contributed by atoms with Crippen molar-refractivity contribution in [2.45, 2.75) is 24.7 Å². The minimum Gasteiger partial charge on any atom is -0.351 e. The maximum absolute atomic E-state index is 11.4. The molecule has 0 radical (unpaired) electrons. The molecular weight excluding hydrogens is 242 g/mol. The molecule has 1 aromatic carbocycles. The highest BCUT2D eigenvalue weighted by atomic mass is 79.9. The van der Waals surface area contributed by atoms with E-state index >= 15 is 0 Å². The molecule has 1 atom stereocenters. The van der Waals surface area contributed by atoms with E-state index < -0.39 is 0 Å². The topological polar surface area (TPSA) is 29.1 Å². The van der Waals surface area contributed by atoms with E-state index in [9.17, 15) is 4.79 Å². The van der Waals surface area contributed by atoms with Crippen molar-refractivity contribution in [3.8, 4) is 0 Å². The second-order valence-electron chi connectivity index (χ2n) is 3.08. The molecule has 0 heterocycles. The van der Waals surface area contributed by atoms with Gasteiger partial charge in [-0.1, -0.05) is 53.2 Å². The summed E-state index contributed by atoms with van der Waals surface area (Å²) in [6.07, 6.45) is 0.806. The summed E-state index contributed by atoms with van der Waals surface area (Å²) in [6.45, 7) is 2.57. The van der Waals surface area contributed by atoms with Gasteiger partial charge >= 0.3 is 0 Å². The van der Waals surface area contributed by atoms with Gasteiger partial charge < -0.3 is 5.32 Å². The van der Waals surface area contributed by atoms with Crippen LogP contribution in [0.2, 0.25) is 0 Å². The lowest BCUT2D eigenvalue weighted by Crippen LogP contribution is -2.30. The molecule has 1 aromatic rings. The van der Waals surface area contributed by atoms with Gasteiger partial charge in [-0.25, -0.2) is 0 Å². The zero-order valence-electron chi connectivity index (χ0n) is 8.16. The Hall–Kier alpha value is -0.830. The molecule has 0 saturated heterocycles. The van der Waals surface area contributed by atoms with Gasteiger partial charge in [0.1, 0.15) is 0 Å². The summed E-state index contributed by atoms with van der Waals surface area (Å²) in [5.74, 6) is 0.0522. The van der Waals surface area contributed by atoms with E-state index in [1.807, 2.05) is 37.3 Å². The van der Waals surface area contributed by atoms with Crippen molar-refractivity contribution < 1.29 is 4.79 Å². The molecule has 1 N–H and O–H groups in total. The number of hydrogen-bond acceptors (Lipinski definition) is 1. The number of carbonyl (C=O) groups is 1. The van der Waals surface area contributed by atoms with Crippen molar-refractivity contribution in [1.82, 2.24) is 5.32 Å². The Bertz CT molecular complexity index is 287. The zero-order valence-corrected chi connectivity index (χ0v) is 9.75. The van der Waals surface area contributed by atoms with E-state index in [-0.39, 0.29) is 10.7 Å². The Kier molecular flexibility index (Phi) is 4.66. The van der Waals surface area contributed by atoms with E-state index in [1.54, 1.807) is 0 Å². The SMILES string of the molecule is CC[C@@H](Br)C(=O)NCc1ccccc1. The maximum Gasteiger partial charge on any atom is 0.234 e.